The van der Waals surface area contributed by atoms with E-state index in [4.69, 9.17) is 0 Å². The standard InChI is InChI=1S/C24H26N2O2S/c1-4-5-6-9-12-26-18-10-7-8-11-19(18)29-20(26)14-17-23(27)21(24(17)28)22-15(2)13-16(3)25-22/h7-8,10-11,13-14,27H,4-6,9,12H2,1-3H3/b20-14+,22-21+. The topological polar surface area (TPSA) is 52.9 Å². The smallest absolute Gasteiger partial charge is 0.202 e. The van der Waals surface area contributed by atoms with Crippen LogP contribution in [0.25, 0.3) is 0 Å². The van der Waals surface area contributed by atoms with Crippen LogP contribution in [0.1, 0.15) is 46.5 Å². The Hall–Kier alpha value is -2.53. The molecule has 1 aromatic carbocycles. The fraction of sp³-hybridized carbons (Fsp3) is 0.333. The van der Waals surface area contributed by atoms with Gasteiger partial charge in [0.1, 0.15) is 5.76 Å². The molecule has 0 spiro atoms. The van der Waals surface area contributed by atoms with Crippen molar-refractivity contribution in [2.75, 3.05) is 11.4 Å². The molecule has 0 fully saturated rings. The van der Waals surface area contributed by atoms with Crippen LogP contribution in [0.5, 0.6) is 0 Å². The van der Waals surface area contributed by atoms with E-state index in [9.17, 15) is 9.90 Å². The number of nitrogens with zero attached hydrogens (tertiary/aromatic N) is 2. The van der Waals surface area contributed by atoms with Crippen LogP contribution in [0.4, 0.5) is 5.69 Å². The Kier molecular flexibility index (Phi) is 5.50. The third-order valence-corrected chi connectivity index (χ3v) is 6.54. The first-order valence-corrected chi connectivity index (χ1v) is 11.1. The van der Waals surface area contributed by atoms with E-state index in [2.05, 4.69) is 28.9 Å². The van der Waals surface area contributed by atoms with Gasteiger partial charge < -0.3 is 10.0 Å². The predicted molar refractivity (Wildman–Crippen MR) is 120 cm³/mol. The zero-order valence-electron chi connectivity index (χ0n) is 17.2. The number of para-hydroxylation sites is 1. The van der Waals surface area contributed by atoms with Crippen molar-refractivity contribution >= 4 is 28.9 Å². The molecular weight excluding hydrogens is 380 g/mol. The third-order valence-electron chi connectivity index (χ3n) is 5.43. The molecule has 150 valence electrons. The minimum Gasteiger partial charge on any atom is -0.506 e. The Labute approximate surface area is 176 Å². The van der Waals surface area contributed by atoms with Crippen LogP contribution < -0.4 is 4.90 Å². The molecule has 0 saturated carbocycles. The number of fused-ring (bicyclic) bond motifs is 1. The van der Waals surface area contributed by atoms with Gasteiger partial charge in [0, 0.05) is 17.2 Å². The highest BCUT2D eigenvalue weighted by Crippen LogP contribution is 2.47. The van der Waals surface area contributed by atoms with E-state index in [-0.39, 0.29) is 11.5 Å². The summed E-state index contributed by atoms with van der Waals surface area (Å²) < 4.78 is 0. The number of allylic oxidation sites excluding steroid dienone is 5. The van der Waals surface area contributed by atoms with Gasteiger partial charge in [-0.05, 0) is 50.1 Å². The van der Waals surface area contributed by atoms with Crippen molar-refractivity contribution < 1.29 is 9.90 Å². The van der Waals surface area contributed by atoms with Crippen molar-refractivity contribution in [3.8, 4) is 0 Å². The van der Waals surface area contributed by atoms with Crippen LogP contribution in [0.3, 0.4) is 0 Å². The summed E-state index contributed by atoms with van der Waals surface area (Å²) >= 11 is 1.66. The number of ketones is 1. The maximum atomic E-state index is 12.8. The van der Waals surface area contributed by atoms with E-state index >= 15 is 0 Å². The number of carbonyl (C=O) groups is 1. The van der Waals surface area contributed by atoms with E-state index in [1.54, 1.807) is 11.8 Å². The maximum absolute atomic E-state index is 12.8. The quantitative estimate of drug-likeness (QED) is 0.459. The molecule has 0 amide bonds. The molecule has 0 bridgehead atoms. The number of benzene rings is 1. The summed E-state index contributed by atoms with van der Waals surface area (Å²) in [5, 5.41) is 11.6. The molecule has 1 aromatic rings. The molecule has 1 aliphatic carbocycles. The molecule has 3 aliphatic rings. The van der Waals surface area contributed by atoms with Crippen molar-refractivity contribution in [3.05, 3.63) is 69.6 Å². The maximum Gasteiger partial charge on any atom is 0.202 e. The van der Waals surface area contributed by atoms with E-state index in [0.29, 0.717) is 16.8 Å². The van der Waals surface area contributed by atoms with E-state index < -0.39 is 0 Å². The number of hydrogen-bond donors (Lipinski definition) is 1. The average Bonchev–Trinajstić information content (AvgIpc) is 3.22. The number of aliphatic hydroxyl groups excluding tert-OH is 1. The summed E-state index contributed by atoms with van der Waals surface area (Å²) in [5.74, 6) is -0.0649. The molecule has 0 aromatic heterocycles. The number of carbonyl (C=O) groups excluding carboxylic acids is 1. The van der Waals surface area contributed by atoms with Crippen LogP contribution in [0.2, 0.25) is 0 Å². The first-order chi connectivity index (χ1) is 14.0. The monoisotopic (exact) mass is 406 g/mol. The summed E-state index contributed by atoms with van der Waals surface area (Å²) in [5.41, 5.74) is 4.29. The molecule has 4 rings (SSSR count). The number of aliphatic imine (C=N–C) groups is 1. The van der Waals surface area contributed by atoms with Gasteiger partial charge in [-0.25, -0.2) is 0 Å². The van der Waals surface area contributed by atoms with Gasteiger partial charge in [0.05, 0.1) is 27.6 Å². The largest absolute Gasteiger partial charge is 0.506 e. The molecule has 0 radical (unpaired) electrons. The van der Waals surface area contributed by atoms with Gasteiger partial charge in [-0.3, -0.25) is 9.79 Å². The summed E-state index contributed by atoms with van der Waals surface area (Å²) in [6.45, 7) is 6.94. The highest BCUT2D eigenvalue weighted by atomic mass is 32.2. The van der Waals surface area contributed by atoms with Crippen LogP contribution in [0, 0.1) is 0 Å². The summed E-state index contributed by atoms with van der Waals surface area (Å²) in [7, 11) is 0. The Bertz CT molecular complexity index is 1030. The molecule has 0 saturated heterocycles. The van der Waals surface area contributed by atoms with Gasteiger partial charge in [0.25, 0.3) is 0 Å². The normalized spacial score (nSPS) is 22.2. The first kappa shape index (κ1) is 19.8. The number of anilines is 1. The van der Waals surface area contributed by atoms with Crippen LogP contribution in [0.15, 0.2) is 79.5 Å². The van der Waals surface area contributed by atoms with E-state index in [1.807, 2.05) is 38.1 Å². The number of unbranched alkanes of at least 4 members (excludes halogenated alkanes) is 3. The molecule has 1 N–H and O–H groups in total. The lowest BCUT2D eigenvalue weighted by Gasteiger charge is -2.24. The first-order valence-electron chi connectivity index (χ1n) is 10.2. The van der Waals surface area contributed by atoms with Gasteiger partial charge in [0.15, 0.2) is 0 Å². The molecule has 2 aliphatic heterocycles. The van der Waals surface area contributed by atoms with Gasteiger partial charge >= 0.3 is 0 Å². The molecule has 0 atom stereocenters. The zero-order valence-corrected chi connectivity index (χ0v) is 18.0. The Morgan fingerprint density at radius 1 is 1.17 bits per heavy atom. The minimum absolute atomic E-state index is 0.0613. The molecule has 5 heteroatoms. The fourth-order valence-corrected chi connectivity index (χ4v) is 5.05. The van der Waals surface area contributed by atoms with Crippen LogP contribution in [-0.4, -0.2) is 23.1 Å². The van der Waals surface area contributed by atoms with Crippen LogP contribution in [-0.2, 0) is 4.79 Å². The number of Topliss-reactive ketones (excluding diaryl/α,β-unsaturated/α-hetero) is 1. The molecule has 2 heterocycles. The van der Waals surface area contributed by atoms with Crippen LogP contribution >= 0.6 is 11.8 Å². The van der Waals surface area contributed by atoms with Gasteiger partial charge in [0.2, 0.25) is 5.78 Å². The Morgan fingerprint density at radius 2 is 1.97 bits per heavy atom. The fourth-order valence-electron chi connectivity index (χ4n) is 3.92. The second-order valence-electron chi connectivity index (χ2n) is 7.66. The van der Waals surface area contributed by atoms with Gasteiger partial charge in [-0.2, -0.15) is 0 Å². The highest BCUT2D eigenvalue weighted by molar-refractivity contribution is 8.03. The zero-order chi connectivity index (χ0) is 20.5. The van der Waals surface area contributed by atoms with E-state index in [1.165, 1.54) is 29.8 Å². The molecular formula is C24H26N2O2S. The van der Waals surface area contributed by atoms with Gasteiger partial charge in [-0.1, -0.05) is 50.1 Å². The summed E-state index contributed by atoms with van der Waals surface area (Å²) in [6.07, 6.45) is 8.51. The summed E-state index contributed by atoms with van der Waals surface area (Å²) in [4.78, 5) is 20.7. The van der Waals surface area contributed by atoms with Crippen molar-refractivity contribution in [2.24, 2.45) is 4.99 Å². The lowest BCUT2D eigenvalue weighted by atomic mass is 9.85. The molecule has 4 nitrogen and oxygen atoms in total. The Balaban J connectivity index is 1.64. The number of hydrogen-bond acceptors (Lipinski definition) is 5. The highest BCUT2D eigenvalue weighted by Gasteiger charge is 2.38. The number of thioether (sulfide) groups is 1. The third kappa shape index (κ3) is 3.60. The molecule has 29 heavy (non-hydrogen) atoms. The molecule has 0 unspecified atom stereocenters. The lowest BCUT2D eigenvalue weighted by molar-refractivity contribution is -0.113. The summed E-state index contributed by atoms with van der Waals surface area (Å²) in [6, 6.07) is 8.31. The Morgan fingerprint density at radius 3 is 2.66 bits per heavy atom. The van der Waals surface area contributed by atoms with Crippen molar-refractivity contribution in [1.29, 1.82) is 0 Å². The SMILES string of the molecule is CCCCCCN1/C(=C\C2=C(O)C(=C3\N=C(C)C=C3C)/C2=O)Sc2ccccc21. The predicted octanol–water partition coefficient (Wildman–Crippen LogP) is 6.09. The van der Waals surface area contributed by atoms with Gasteiger partial charge in [-0.15, -0.1) is 0 Å². The second-order valence-corrected chi connectivity index (χ2v) is 8.72. The van der Waals surface area contributed by atoms with Crippen molar-refractivity contribution in [3.63, 3.8) is 0 Å². The lowest BCUT2D eigenvalue weighted by Crippen LogP contribution is -2.25. The number of aliphatic hydroxyl groups is 1. The second kappa shape index (κ2) is 8.07. The number of rotatable bonds is 6. The van der Waals surface area contributed by atoms with Crippen molar-refractivity contribution in [2.45, 2.75) is 51.3 Å². The average molecular weight is 407 g/mol. The van der Waals surface area contributed by atoms with E-state index in [0.717, 1.165) is 29.3 Å². The van der Waals surface area contributed by atoms with Crippen molar-refractivity contribution in [1.82, 2.24) is 0 Å². The minimum atomic E-state index is -0.126.